The van der Waals surface area contributed by atoms with E-state index in [9.17, 15) is 20.1 Å². The van der Waals surface area contributed by atoms with Crippen molar-refractivity contribution in [2.75, 3.05) is 0 Å². The van der Waals surface area contributed by atoms with Gasteiger partial charge in [0.2, 0.25) is 0 Å². The van der Waals surface area contributed by atoms with Gasteiger partial charge in [0.05, 0.1) is 17.8 Å². The van der Waals surface area contributed by atoms with E-state index < -0.39 is 18.2 Å². The zero-order valence-corrected chi connectivity index (χ0v) is 16.8. The molecular weight excluding hydrogens is 356 g/mol. The van der Waals surface area contributed by atoms with Crippen molar-refractivity contribution in [3.05, 3.63) is 41.5 Å². The maximum Gasteiger partial charge on any atom is 0.335 e. The molecule has 5 nitrogen and oxygen atoms in total. The zero-order chi connectivity index (χ0) is 20.3. The Labute approximate surface area is 167 Å². The number of rotatable bonds is 7. The number of benzene rings is 1. The molecular formula is C23H32O5. The van der Waals surface area contributed by atoms with Gasteiger partial charge < -0.3 is 20.1 Å². The summed E-state index contributed by atoms with van der Waals surface area (Å²) in [6.45, 7) is 4.21. The van der Waals surface area contributed by atoms with Crippen LogP contribution in [-0.4, -0.2) is 39.6 Å². The molecule has 28 heavy (non-hydrogen) atoms. The van der Waals surface area contributed by atoms with Gasteiger partial charge in [-0.15, -0.1) is 0 Å². The molecule has 1 aliphatic carbocycles. The fraction of sp³-hybridized carbons (Fsp3) is 0.609. The van der Waals surface area contributed by atoms with Crippen LogP contribution in [-0.2, 0) is 6.42 Å². The summed E-state index contributed by atoms with van der Waals surface area (Å²) in [5.41, 5.74) is 1.24. The molecule has 1 saturated carbocycles. The summed E-state index contributed by atoms with van der Waals surface area (Å²) >= 11 is 0. The third-order valence-corrected chi connectivity index (χ3v) is 6.36. The number of hydrogen-bond donors (Lipinski definition) is 3. The van der Waals surface area contributed by atoms with Crippen LogP contribution < -0.4 is 4.74 Å². The number of fused-ring (bicyclic) bond motifs is 2. The third-order valence-electron chi connectivity index (χ3n) is 6.36. The number of aliphatic hydroxyl groups excluding tert-OH is 2. The van der Waals surface area contributed by atoms with Gasteiger partial charge in [-0.2, -0.15) is 0 Å². The lowest BCUT2D eigenvalue weighted by molar-refractivity contribution is 0.0695. The van der Waals surface area contributed by atoms with Crippen LogP contribution in [0.1, 0.15) is 61.9 Å². The SMILES string of the molecule is CCCC[C@H](C)C(O)/C=C/[C@@H]1[C@H]2CCc3ccc(C(=O)O)cc3O[C@H]2C[C@H]1O. The monoisotopic (exact) mass is 388 g/mol. The first-order chi connectivity index (χ1) is 13.4. The Hall–Kier alpha value is -1.85. The summed E-state index contributed by atoms with van der Waals surface area (Å²) in [4.78, 5) is 11.2. The van der Waals surface area contributed by atoms with E-state index in [0.29, 0.717) is 12.2 Å². The van der Waals surface area contributed by atoms with Gasteiger partial charge in [-0.3, -0.25) is 0 Å². The van der Waals surface area contributed by atoms with Crippen molar-refractivity contribution >= 4 is 5.97 Å². The first-order valence-electron chi connectivity index (χ1n) is 10.5. The number of carbonyl (C=O) groups is 1. The zero-order valence-electron chi connectivity index (χ0n) is 16.8. The average molecular weight is 389 g/mol. The standard InChI is InChI=1S/C23H32O5/c1-3-4-5-14(2)19(24)11-10-17-18-9-8-15-6-7-16(23(26)27)12-21(15)28-22(18)13-20(17)25/h6-7,10-12,14,17-20,22,24-25H,3-5,8-9,13H2,1-2H3,(H,26,27)/b11-10+/t14-,17+,18+,19?,20+,22-/m0/s1. The molecule has 1 unspecified atom stereocenters. The predicted octanol–water partition coefficient (Wildman–Crippen LogP) is 3.82. The lowest BCUT2D eigenvalue weighted by atomic mass is 9.87. The lowest BCUT2D eigenvalue weighted by Gasteiger charge is -2.22. The normalized spacial score (nSPS) is 28.9. The van der Waals surface area contributed by atoms with E-state index in [1.807, 2.05) is 18.2 Å². The van der Waals surface area contributed by atoms with Crippen LogP contribution >= 0.6 is 0 Å². The van der Waals surface area contributed by atoms with Crippen LogP contribution in [0.2, 0.25) is 0 Å². The Balaban J connectivity index is 1.70. The average Bonchev–Trinajstić information content (AvgIpc) is 2.85. The molecule has 5 heteroatoms. The second-order valence-corrected chi connectivity index (χ2v) is 8.36. The molecule has 2 aliphatic rings. The molecule has 0 bridgehead atoms. The predicted molar refractivity (Wildman–Crippen MR) is 108 cm³/mol. The first-order valence-corrected chi connectivity index (χ1v) is 10.5. The molecule has 0 radical (unpaired) electrons. The van der Waals surface area contributed by atoms with E-state index in [1.165, 1.54) is 0 Å². The second kappa shape index (κ2) is 9.10. The number of carboxylic acids is 1. The van der Waals surface area contributed by atoms with Gasteiger partial charge >= 0.3 is 5.97 Å². The third kappa shape index (κ3) is 4.58. The van der Waals surface area contributed by atoms with Crippen molar-refractivity contribution in [1.82, 2.24) is 0 Å². The maximum absolute atomic E-state index is 11.2. The number of aromatic carboxylic acids is 1. The van der Waals surface area contributed by atoms with E-state index in [1.54, 1.807) is 12.1 Å². The molecule has 3 rings (SSSR count). The summed E-state index contributed by atoms with van der Waals surface area (Å²) in [7, 11) is 0. The fourth-order valence-electron chi connectivity index (χ4n) is 4.51. The Kier molecular flexibility index (Phi) is 6.78. The molecule has 1 fully saturated rings. The lowest BCUT2D eigenvalue weighted by Crippen LogP contribution is -2.24. The van der Waals surface area contributed by atoms with Crippen LogP contribution in [0.3, 0.4) is 0 Å². The number of aryl methyl sites for hydroxylation is 1. The highest BCUT2D eigenvalue weighted by molar-refractivity contribution is 5.88. The first kappa shape index (κ1) is 20.9. The van der Waals surface area contributed by atoms with E-state index in [0.717, 1.165) is 37.7 Å². The molecule has 1 aromatic rings. The Morgan fingerprint density at radius 3 is 2.89 bits per heavy atom. The second-order valence-electron chi connectivity index (χ2n) is 8.36. The van der Waals surface area contributed by atoms with E-state index in [4.69, 9.17) is 4.74 Å². The van der Waals surface area contributed by atoms with E-state index in [-0.39, 0.29) is 29.4 Å². The van der Waals surface area contributed by atoms with Crippen molar-refractivity contribution in [3.8, 4) is 5.75 Å². The number of aliphatic hydroxyl groups is 2. The van der Waals surface area contributed by atoms with Gasteiger partial charge in [0.15, 0.2) is 0 Å². The summed E-state index contributed by atoms with van der Waals surface area (Å²) in [6, 6.07) is 5.04. The molecule has 0 saturated heterocycles. The number of ether oxygens (including phenoxy) is 1. The highest BCUT2D eigenvalue weighted by Gasteiger charge is 2.43. The minimum atomic E-state index is -0.967. The summed E-state index contributed by atoms with van der Waals surface area (Å²) < 4.78 is 6.16. The molecule has 154 valence electrons. The molecule has 0 spiro atoms. The maximum atomic E-state index is 11.2. The molecule has 1 aliphatic heterocycles. The van der Waals surface area contributed by atoms with Crippen molar-refractivity contribution in [3.63, 3.8) is 0 Å². The van der Waals surface area contributed by atoms with Crippen LogP contribution in [0.15, 0.2) is 30.4 Å². The number of unbranched alkanes of at least 4 members (excludes halogenated alkanes) is 1. The summed E-state index contributed by atoms with van der Waals surface area (Å²) in [5.74, 6) is -0.0333. The van der Waals surface area contributed by atoms with Crippen LogP contribution in [0.5, 0.6) is 5.75 Å². The molecule has 1 aromatic carbocycles. The van der Waals surface area contributed by atoms with Gasteiger partial charge in [-0.05, 0) is 42.9 Å². The van der Waals surface area contributed by atoms with Crippen LogP contribution in [0, 0.1) is 17.8 Å². The highest BCUT2D eigenvalue weighted by Crippen LogP contribution is 2.42. The van der Waals surface area contributed by atoms with E-state index in [2.05, 4.69) is 13.8 Å². The highest BCUT2D eigenvalue weighted by atomic mass is 16.5. The molecule has 1 heterocycles. The molecule has 6 atom stereocenters. The minimum Gasteiger partial charge on any atom is -0.490 e. The topological polar surface area (TPSA) is 87.0 Å². The molecule has 0 aromatic heterocycles. The van der Waals surface area contributed by atoms with Gasteiger partial charge in [0.25, 0.3) is 0 Å². The van der Waals surface area contributed by atoms with E-state index >= 15 is 0 Å². The van der Waals surface area contributed by atoms with Gasteiger partial charge in [-0.25, -0.2) is 4.79 Å². The number of hydrogen-bond acceptors (Lipinski definition) is 4. The molecule has 0 amide bonds. The van der Waals surface area contributed by atoms with Gasteiger partial charge in [-0.1, -0.05) is 44.9 Å². The summed E-state index contributed by atoms with van der Waals surface area (Å²) in [6.07, 6.45) is 8.09. The Bertz CT molecular complexity index is 713. The van der Waals surface area contributed by atoms with Crippen molar-refractivity contribution in [2.24, 2.45) is 17.8 Å². The van der Waals surface area contributed by atoms with Gasteiger partial charge in [0.1, 0.15) is 11.9 Å². The number of carboxylic acid groups (broad SMARTS) is 1. The van der Waals surface area contributed by atoms with Crippen LogP contribution in [0.25, 0.3) is 0 Å². The molecule has 3 N–H and O–H groups in total. The van der Waals surface area contributed by atoms with Crippen molar-refractivity contribution in [2.45, 2.75) is 70.7 Å². The minimum absolute atomic E-state index is 0.0497. The Morgan fingerprint density at radius 1 is 1.39 bits per heavy atom. The largest absolute Gasteiger partial charge is 0.490 e. The fourth-order valence-corrected chi connectivity index (χ4v) is 4.51. The van der Waals surface area contributed by atoms with Crippen molar-refractivity contribution < 1.29 is 24.9 Å². The van der Waals surface area contributed by atoms with Crippen molar-refractivity contribution in [1.29, 1.82) is 0 Å². The Morgan fingerprint density at radius 2 is 2.18 bits per heavy atom. The quantitative estimate of drug-likeness (QED) is 0.618. The van der Waals surface area contributed by atoms with Gasteiger partial charge in [0, 0.05) is 18.3 Å². The summed E-state index contributed by atoms with van der Waals surface area (Å²) in [5, 5.41) is 30.2. The van der Waals surface area contributed by atoms with Crippen LogP contribution in [0.4, 0.5) is 0 Å². The smallest absolute Gasteiger partial charge is 0.335 e.